The second-order valence-electron chi connectivity index (χ2n) is 9.39. The normalized spacial score (nSPS) is 21.5. The van der Waals surface area contributed by atoms with Gasteiger partial charge in [-0.15, -0.1) is 0 Å². The van der Waals surface area contributed by atoms with E-state index in [0.717, 1.165) is 65.1 Å². The topological polar surface area (TPSA) is 38.2 Å². The lowest BCUT2D eigenvalue weighted by atomic mass is 9.84. The molecular weight excluding hydrogens is 408 g/mol. The Morgan fingerprint density at radius 2 is 1.84 bits per heavy atom. The van der Waals surface area contributed by atoms with Crippen molar-refractivity contribution in [1.82, 2.24) is 14.9 Å². The molecule has 0 radical (unpaired) electrons. The monoisotopic (exact) mass is 437 g/mol. The second-order valence-corrected chi connectivity index (χ2v) is 9.39. The summed E-state index contributed by atoms with van der Waals surface area (Å²) in [5.41, 5.74) is 5.82. The minimum Gasteiger partial charge on any atom is -0.496 e. The molecule has 3 heterocycles. The number of benzene rings is 1. The number of aromatic nitrogens is 2. The number of rotatable bonds is 4. The molecule has 0 amide bonds. The van der Waals surface area contributed by atoms with Crippen LogP contribution in [0.2, 0.25) is 0 Å². The minimum atomic E-state index is -2.48. The van der Waals surface area contributed by atoms with Crippen molar-refractivity contribution in [3.63, 3.8) is 0 Å². The van der Waals surface area contributed by atoms with Gasteiger partial charge in [-0.25, -0.2) is 18.7 Å². The Morgan fingerprint density at radius 1 is 1.06 bits per heavy atom. The molecule has 1 aromatic carbocycles. The highest BCUT2D eigenvalue weighted by molar-refractivity contribution is 5.81. The van der Waals surface area contributed by atoms with Crippen LogP contribution >= 0.6 is 0 Å². The van der Waals surface area contributed by atoms with Crippen LogP contribution in [0.15, 0.2) is 36.4 Å². The van der Waals surface area contributed by atoms with Crippen molar-refractivity contribution in [2.45, 2.75) is 57.4 Å². The van der Waals surface area contributed by atoms with Crippen molar-refractivity contribution < 1.29 is 13.5 Å². The Labute approximate surface area is 187 Å². The number of piperidine rings is 1. The summed E-state index contributed by atoms with van der Waals surface area (Å²) >= 11 is 0. The third-order valence-corrected chi connectivity index (χ3v) is 6.95. The van der Waals surface area contributed by atoms with E-state index < -0.39 is 5.92 Å². The van der Waals surface area contributed by atoms with Crippen molar-refractivity contribution >= 4 is 11.0 Å². The zero-order valence-electron chi connectivity index (χ0n) is 18.9. The molecule has 2 aliphatic rings. The molecule has 4 nitrogen and oxygen atoms in total. The maximum atomic E-state index is 13.4. The molecule has 32 heavy (non-hydrogen) atoms. The molecule has 1 aliphatic carbocycles. The number of nitrogens with zero attached hydrogens (tertiary/aromatic N) is 3. The molecule has 0 spiro atoms. The van der Waals surface area contributed by atoms with Gasteiger partial charge in [-0.2, -0.15) is 0 Å². The third kappa shape index (κ3) is 3.96. The lowest BCUT2D eigenvalue weighted by Gasteiger charge is -2.45. The molecular formula is C26H29F2N3O. The maximum absolute atomic E-state index is 13.4. The number of fused-ring (bicyclic) bond motifs is 1. The summed E-state index contributed by atoms with van der Waals surface area (Å²) < 4.78 is 32.4. The second kappa shape index (κ2) is 8.07. The molecule has 1 saturated heterocycles. The van der Waals surface area contributed by atoms with Gasteiger partial charge in [0.25, 0.3) is 5.92 Å². The molecule has 0 bridgehead atoms. The van der Waals surface area contributed by atoms with Gasteiger partial charge >= 0.3 is 0 Å². The van der Waals surface area contributed by atoms with Gasteiger partial charge in [0, 0.05) is 48.0 Å². The Bertz CT molecular complexity index is 1160. The van der Waals surface area contributed by atoms with Crippen molar-refractivity contribution in [1.29, 1.82) is 0 Å². The molecule has 1 unspecified atom stereocenters. The van der Waals surface area contributed by atoms with E-state index in [4.69, 9.17) is 14.7 Å². The number of ether oxygens (including phenoxy) is 1. The van der Waals surface area contributed by atoms with E-state index in [1.54, 1.807) is 7.11 Å². The van der Waals surface area contributed by atoms with Gasteiger partial charge in [0.05, 0.1) is 12.8 Å². The van der Waals surface area contributed by atoms with E-state index in [2.05, 4.69) is 43.0 Å². The fraction of sp³-hybridized carbons (Fsp3) is 0.462. The molecule has 168 valence electrons. The lowest BCUT2D eigenvalue weighted by molar-refractivity contribution is -0.127. The van der Waals surface area contributed by atoms with Gasteiger partial charge in [0.15, 0.2) is 5.65 Å². The van der Waals surface area contributed by atoms with E-state index in [1.807, 2.05) is 12.1 Å². The third-order valence-electron chi connectivity index (χ3n) is 6.95. The van der Waals surface area contributed by atoms with E-state index >= 15 is 0 Å². The fourth-order valence-electron chi connectivity index (χ4n) is 5.27. The number of hydrogen-bond acceptors (Lipinski definition) is 4. The van der Waals surface area contributed by atoms with Gasteiger partial charge in [-0.1, -0.05) is 6.07 Å². The predicted molar refractivity (Wildman–Crippen MR) is 123 cm³/mol. The summed E-state index contributed by atoms with van der Waals surface area (Å²) in [7, 11) is 1.68. The Balaban J connectivity index is 1.44. The molecule has 2 fully saturated rings. The van der Waals surface area contributed by atoms with Crippen LogP contribution < -0.4 is 4.74 Å². The number of hydrogen-bond donors (Lipinski definition) is 0. The Kier molecular flexibility index (Phi) is 5.36. The highest BCUT2D eigenvalue weighted by Gasteiger charge is 2.48. The molecule has 6 heteroatoms. The average Bonchev–Trinajstić information content (AvgIpc) is 2.76. The molecule has 1 aliphatic heterocycles. The Hall–Kier alpha value is -2.60. The largest absolute Gasteiger partial charge is 0.496 e. The van der Waals surface area contributed by atoms with Crippen molar-refractivity contribution in [2.75, 3.05) is 20.2 Å². The van der Waals surface area contributed by atoms with Gasteiger partial charge in [0.1, 0.15) is 5.75 Å². The average molecular weight is 438 g/mol. The number of alkyl halides is 2. The Morgan fingerprint density at radius 3 is 2.59 bits per heavy atom. The number of likely N-dealkylation sites (tertiary alicyclic amines) is 1. The van der Waals surface area contributed by atoms with Gasteiger partial charge in [0.2, 0.25) is 0 Å². The first-order valence-corrected chi connectivity index (χ1v) is 11.4. The van der Waals surface area contributed by atoms with E-state index in [0.29, 0.717) is 5.65 Å². The first-order valence-electron chi connectivity index (χ1n) is 11.4. The minimum absolute atomic E-state index is 0.00643. The first-order chi connectivity index (χ1) is 15.3. The molecule has 0 N–H and O–H groups in total. The molecule has 1 saturated carbocycles. The van der Waals surface area contributed by atoms with Crippen molar-refractivity contribution in [3.05, 3.63) is 53.2 Å². The summed E-state index contributed by atoms with van der Waals surface area (Å²) in [6.07, 6.45) is 2.03. The van der Waals surface area contributed by atoms with Crippen LogP contribution in [0, 0.1) is 13.8 Å². The van der Waals surface area contributed by atoms with E-state index in [9.17, 15) is 8.78 Å². The summed E-state index contributed by atoms with van der Waals surface area (Å²) in [6, 6.07) is 12.4. The fourth-order valence-corrected chi connectivity index (χ4v) is 5.27. The summed E-state index contributed by atoms with van der Waals surface area (Å²) in [5.74, 6) is -1.41. The van der Waals surface area contributed by atoms with Crippen LogP contribution in [0.3, 0.4) is 0 Å². The molecule has 3 aromatic rings. The predicted octanol–water partition coefficient (Wildman–Crippen LogP) is 5.90. The van der Waals surface area contributed by atoms with Crippen LogP contribution in [0.1, 0.15) is 48.4 Å². The first kappa shape index (κ1) is 21.3. The molecule has 1 atom stereocenters. The summed E-state index contributed by atoms with van der Waals surface area (Å²) in [5, 5.41) is 0.993. The van der Waals surface area contributed by atoms with Crippen LogP contribution in [-0.2, 0) is 0 Å². The number of halogens is 2. The SMILES string of the molecule is COc1cc(C)cc(C)c1-c1ccc2ccc(C3CCCN(C4CC(F)(F)C4)C3)nc2n1. The quantitative estimate of drug-likeness (QED) is 0.509. The summed E-state index contributed by atoms with van der Waals surface area (Å²) in [6.45, 7) is 5.82. The van der Waals surface area contributed by atoms with Gasteiger partial charge in [-0.3, -0.25) is 4.90 Å². The van der Waals surface area contributed by atoms with E-state index in [1.165, 1.54) is 0 Å². The highest BCUT2D eigenvalue weighted by Crippen LogP contribution is 2.42. The highest BCUT2D eigenvalue weighted by atomic mass is 19.3. The van der Waals surface area contributed by atoms with Crippen LogP contribution in [0.5, 0.6) is 5.75 Å². The number of methoxy groups -OCH3 is 1. The smallest absolute Gasteiger partial charge is 0.251 e. The molecule has 2 aromatic heterocycles. The maximum Gasteiger partial charge on any atom is 0.251 e. The van der Waals surface area contributed by atoms with Crippen LogP contribution in [0.4, 0.5) is 8.78 Å². The molecule has 5 rings (SSSR count). The summed E-state index contributed by atoms with van der Waals surface area (Å²) in [4.78, 5) is 12.1. The van der Waals surface area contributed by atoms with Gasteiger partial charge in [-0.05, 0) is 74.7 Å². The van der Waals surface area contributed by atoms with Gasteiger partial charge < -0.3 is 4.74 Å². The number of pyridine rings is 2. The standard InChI is InChI=1S/C26H29F2N3O/c1-16-11-17(2)24(23(12-16)32-3)22-9-7-18-6-8-21(29-25(18)30-22)19-5-4-10-31(15-19)20-13-26(27,28)14-20/h6-9,11-12,19-20H,4-5,10,13-15H2,1-3H3. The van der Waals surface area contributed by atoms with Crippen LogP contribution in [-0.4, -0.2) is 47.0 Å². The zero-order chi connectivity index (χ0) is 22.5. The van der Waals surface area contributed by atoms with E-state index in [-0.39, 0.29) is 24.8 Å². The zero-order valence-corrected chi connectivity index (χ0v) is 18.9. The van der Waals surface area contributed by atoms with Crippen molar-refractivity contribution in [2.24, 2.45) is 0 Å². The van der Waals surface area contributed by atoms with Crippen LogP contribution in [0.25, 0.3) is 22.3 Å². The lowest BCUT2D eigenvalue weighted by Crippen LogP contribution is -2.53. The van der Waals surface area contributed by atoms with Crippen molar-refractivity contribution in [3.8, 4) is 17.0 Å². The number of aryl methyl sites for hydroxylation is 2.